The topological polar surface area (TPSA) is 104 Å². The molecule has 0 bridgehead atoms. The molecule has 0 spiro atoms. The summed E-state index contributed by atoms with van der Waals surface area (Å²) in [6.07, 6.45) is -4.43. The first kappa shape index (κ1) is 27.1. The van der Waals surface area contributed by atoms with Crippen LogP contribution in [0.4, 0.5) is 18.9 Å². The molecule has 9 nitrogen and oxygen atoms in total. The molecule has 0 saturated carbocycles. The normalized spacial score (nSPS) is 20.0. The van der Waals surface area contributed by atoms with Crippen molar-refractivity contribution in [1.82, 2.24) is 10.2 Å². The lowest BCUT2D eigenvalue weighted by Crippen LogP contribution is -2.57. The van der Waals surface area contributed by atoms with Gasteiger partial charge in [0.1, 0.15) is 6.04 Å². The lowest BCUT2D eigenvalue weighted by molar-refractivity contribution is -0.153. The van der Waals surface area contributed by atoms with Crippen LogP contribution in [-0.4, -0.2) is 67.2 Å². The van der Waals surface area contributed by atoms with Crippen LogP contribution in [0.2, 0.25) is 0 Å². The molecule has 0 aromatic heterocycles. The minimum Gasteiger partial charge on any atom is -0.504 e. The zero-order valence-electron chi connectivity index (χ0n) is 21.0. The number of carbonyl (C=O) groups excluding carboxylic acids is 2. The number of nitrogens with zero attached hydrogens (tertiary/aromatic N) is 3. The van der Waals surface area contributed by atoms with Gasteiger partial charge in [-0.2, -0.15) is 13.2 Å². The molecule has 2 atom stereocenters. The second-order valence-electron chi connectivity index (χ2n) is 8.80. The van der Waals surface area contributed by atoms with Gasteiger partial charge in [0.05, 0.1) is 18.8 Å². The minimum absolute atomic E-state index is 0.0848. The van der Waals surface area contributed by atoms with Crippen LogP contribution >= 0.6 is 0 Å². The number of esters is 1. The summed E-state index contributed by atoms with van der Waals surface area (Å²) in [6.45, 7) is 5.34. The van der Waals surface area contributed by atoms with E-state index in [4.69, 9.17) is 14.5 Å². The molecule has 2 aromatic carbocycles. The van der Waals surface area contributed by atoms with Crippen LogP contribution in [0.3, 0.4) is 0 Å². The summed E-state index contributed by atoms with van der Waals surface area (Å²) in [5.41, 5.74) is 0.232. The van der Waals surface area contributed by atoms with Gasteiger partial charge in [-0.15, -0.1) is 0 Å². The highest BCUT2D eigenvalue weighted by Gasteiger charge is 2.42. The maximum absolute atomic E-state index is 13.1. The van der Waals surface area contributed by atoms with Crippen molar-refractivity contribution in [3.8, 4) is 11.5 Å². The van der Waals surface area contributed by atoms with Gasteiger partial charge < -0.3 is 24.4 Å². The molecule has 2 aromatic rings. The molecule has 1 amide bonds. The number of anilines is 1. The van der Waals surface area contributed by atoms with Gasteiger partial charge in [-0.05, 0) is 49.7 Å². The van der Waals surface area contributed by atoms with Crippen LogP contribution in [0.15, 0.2) is 47.5 Å². The van der Waals surface area contributed by atoms with E-state index in [0.717, 1.165) is 12.1 Å². The van der Waals surface area contributed by atoms with Crippen molar-refractivity contribution in [3.05, 3.63) is 53.6 Å². The van der Waals surface area contributed by atoms with Gasteiger partial charge in [0.15, 0.2) is 17.4 Å². The number of aromatic hydroxyl groups is 1. The van der Waals surface area contributed by atoms with E-state index < -0.39 is 35.6 Å². The van der Waals surface area contributed by atoms with Gasteiger partial charge in [0, 0.05) is 31.9 Å². The Kier molecular flexibility index (Phi) is 7.98. The monoisotopic (exact) mass is 534 g/mol. The van der Waals surface area contributed by atoms with Crippen molar-refractivity contribution >= 4 is 23.5 Å². The number of amides is 1. The highest BCUT2D eigenvalue weighted by atomic mass is 19.4. The summed E-state index contributed by atoms with van der Waals surface area (Å²) in [7, 11) is 0. The number of nitrogens with one attached hydrogen (secondary N) is 1. The van der Waals surface area contributed by atoms with E-state index >= 15 is 0 Å². The number of alkyl halides is 3. The van der Waals surface area contributed by atoms with Crippen LogP contribution in [0.5, 0.6) is 11.5 Å². The number of ether oxygens (including phenoxy) is 2. The van der Waals surface area contributed by atoms with Crippen LogP contribution < -0.4 is 15.0 Å². The lowest BCUT2D eigenvalue weighted by atomic mass is 9.91. The Bertz CT molecular complexity index is 1210. The molecule has 2 N–H and O–H groups in total. The molecule has 0 aliphatic carbocycles. The Morgan fingerprint density at radius 3 is 2.45 bits per heavy atom. The molecule has 2 heterocycles. The number of hydrogen-bond acceptors (Lipinski definition) is 8. The molecule has 0 unspecified atom stereocenters. The van der Waals surface area contributed by atoms with Crippen molar-refractivity contribution in [2.24, 2.45) is 10.9 Å². The molecule has 204 valence electrons. The third-order valence-electron chi connectivity index (χ3n) is 6.38. The number of phenols is 1. The van der Waals surface area contributed by atoms with Gasteiger partial charge in [0.2, 0.25) is 11.9 Å². The van der Waals surface area contributed by atoms with E-state index in [2.05, 4.69) is 5.32 Å². The zero-order valence-corrected chi connectivity index (χ0v) is 21.0. The largest absolute Gasteiger partial charge is 0.504 e. The van der Waals surface area contributed by atoms with Crippen LogP contribution in [0, 0.1) is 5.92 Å². The molecule has 2 aliphatic rings. The van der Waals surface area contributed by atoms with Crippen molar-refractivity contribution in [3.63, 3.8) is 0 Å². The minimum atomic E-state index is -4.43. The summed E-state index contributed by atoms with van der Waals surface area (Å²) in [5.74, 6) is -2.18. The number of guanidine groups is 1. The lowest BCUT2D eigenvalue weighted by Gasteiger charge is -2.39. The number of hydrogen-bond donors (Lipinski definition) is 2. The predicted octanol–water partition coefficient (Wildman–Crippen LogP) is 3.34. The number of rotatable bonds is 6. The van der Waals surface area contributed by atoms with E-state index in [1.165, 1.54) is 12.1 Å². The van der Waals surface area contributed by atoms with E-state index in [1.807, 2.05) is 9.80 Å². The summed E-state index contributed by atoms with van der Waals surface area (Å²) in [4.78, 5) is 34.2. The molecule has 0 radical (unpaired) electrons. The fraction of sp³-hybridized carbons (Fsp3) is 0.423. The Morgan fingerprint density at radius 1 is 1.08 bits per heavy atom. The first-order valence-corrected chi connectivity index (χ1v) is 12.3. The zero-order chi connectivity index (χ0) is 27.4. The maximum Gasteiger partial charge on any atom is 0.416 e. The predicted molar refractivity (Wildman–Crippen MR) is 133 cm³/mol. The van der Waals surface area contributed by atoms with Crippen molar-refractivity contribution in [1.29, 1.82) is 0 Å². The molecule has 2 aliphatic heterocycles. The van der Waals surface area contributed by atoms with Gasteiger partial charge in [0.25, 0.3) is 0 Å². The van der Waals surface area contributed by atoms with Gasteiger partial charge in [-0.25, -0.2) is 4.99 Å². The molecule has 4 rings (SSSR count). The van der Waals surface area contributed by atoms with Gasteiger partial charge in [-0.3, -0.25) is 14.9 Å². The standard InChI is InChI=1S/C26H29F3N4O5/c1-3-37-20-14-16(8-9-19(20)34)22-21(24(36)38-4-2)23(35)31-25(30-22)33-12-10-32(11-13-33)18-7-5-6-17(15-18)26(27,28)29/h5-9,14-15,21-22,34H,3-4,10-13H2,1-2H3,(H,30,31,35)/t21-,22+/m0/s1. The summed E-state index contributed by atoms with van der Waals surface area (Å²) in [5, 5.41) is 12.8. The van der Waals surface area contributed by atoms with Crippen molar-refractivity contribution in [2.75, 3.05) is 44.3 Å². The average molecular weight is 535 g/mol. The fourth-order valence-corrected chi connectivity index (χ4v) is 4.51. The van der Waals surface area contributed by atoms with Crippen molar-refractivity contribution < 1.29 is 37.3 Å². The molecule has 1 saturated heterocycles. The van der Waals surface area contributed by atoms with Gasteiger partial charge in [-0.1, -0.05) is 12.1 Å². The first-order chi connectivity index (χ1) is 18.1. The van der Waals surface area contributed by atoms with Crippen LogP contribution in [0.1, 0.15) is 31.0 Å². The quantitative estimate of drug-likeness (QED) is 0.433. The third-order valence-corrected chi connectivity index (χ3v) is 6.38. The van der Waals surface area contributed by atoms with Crippen LogP contribution in [-0.2, 0) is 20.5 Å². The molecule has 38 heavy (non-hydrogen) atoms. The Hall–Kier alpha value is -3.96. The summed E-state index contributed by atoms with van der Waals surface area (Å²) >= 11 is 0. The van der Waals surface area contributed by atoms with Crippen molar-refractivity contribution in [2.45, 2.75) is 26.1 Å². The molecule has 12 heteroatoms. The number of aliphatic imine (C=N–C) groups is 1. The smallest absolute Gasteiger partial charge is 0.416 e. The first-order valence-electron chi connectivity index (χ1n) is 12.3. The molecular formula is C26H29F3N4O5. The summed E-state index contributed by atoms with van der Waals surface area (Å²) < 4.78 is 50.0. The fourth-order valence-electron chi connectivity index (χ4n) is 4.51. The third kappa shape index (κ3) is 5.79. The number of carbonyl (C=O) groups is 2. The van der Waals surface area contributed by atoms with Crippen LogP contribution in [0.25, 0.3) is 0 Å². The Morgan fingerprint density at radius 2 is 1.79 bits per heavy atom. The van der Waals surface area contributed by atoms with E-state index in [1.54, 1.807) is 32.0 Å². The number of halogens is 3. The van der Waals surface area contributed by atoms with E-state index in [9.17, 15) is 27.9 Å². The maximum atomic E-state index is 13.1. The highest BCUT2D eigenvalue weighted by Crippen LogP contribution is 2.36. The SMILES string of the molecule is CCOC(=O)[C@@H]1C(=O)NC(N2CCN(c3cccc(C(F)(F)F)c3)CC2)=N[C@@H]1c1ccc(O)c(OCC)c1. The number of piperazine rings is 1. The second-order valence-corrected chi connectivity index (χ2v) is 8.80. The summed E-state index contributed by atoms with van der Waals surface area (Å²) in [6, 6.07) is 8.76. The molecular weight excluding hydrogens is 505 g/mol. The second kappa shape index (κ2) is 11.2. The highest BCUT2D eigenvalue weighted by molar-refractivity contribution is 6.08. The molecule has 1 fully saturated rings. The Labute approximate surface area is 217 Å². The van der Waals surface area contributed by atoms with Gasteiger partial charge >= 0.3 is 12.1 Å². The Balaban J connectivity index is 1.58. The van der Waals surface area contributed by atoms with E-state index in [0.29, 0.717) is 44.0 Å². The van der Waals surface area contributed by atoms with E-state index in [-0.39, 0.29) is 24.1 Å². The number of benzene rings is 2. The number of phenolic OH excluding ortho intramolecular Hbond substituents is 1. The average Bonchev–Trinajstić information content (AvgIpc) is 2.89.